The summed E-state index contributed by atoms with van der Waals surface area (Å²) < 4.78 is 27.3. The molecule has 8 nitrogen and oxygen atoms in total. The fourth-order valence-electron chi connectivity index (χ4n) is 3.20. The fraction of sp³-hybridized carbons (Fsp3) is 0.500. The van der Waals surface area contributed by atoms with Gasteiger partial charge in [-0.3, -0.25) is 4.79 Å². The Labute approximate surface area is 147 Å². The van der Waals surface area contributed by atoms with Crippen molar-refractivity contribution >= 4 is 27.1 Å². The molecule has 0 aliphatic carbocycles. The van der Waals surface area contributed by atoms with Crippen molar-refractivity contribution in [2.45, 2.75) is 25.2 Å². The van der Waals surface area contributed by atoms with Crippen LogP contribution in [0.5, 0.6) is 0 Å². The number of hydrogen-bond acceptors (Lipinski definition) is 4. The number of carbonyl (C=O) groups is 1. The molecule has 1 aliphatic heterocycles. The first-order valence-corrected chi connectivity index (χ1v) is 9.51. The lowest BCUT2D eigenvalue weighted by Crippen LogP contribution is -2.48. The lowest BCUT2D eigenvalue weighted by Gasteiger charge is -2.38. The summed E-state index contributed by atoms with van der Waals surface area (Å²) in [6, 6.07) is 5.27. The molecule has 1 aliphatic rings. The standard InChI is InChI=1S/C16H23N5O3S/c1-16(7-9-21(10-8-16)25(23,24)20(2)3)15-18-12-6-4-5-11(14(17)22)13(12)19-15/h4-6H,7-10H2,1-3H3,(H2,17,22)(H,18,19). The summed E-state index contributed by atoms with van der Waals surface area (Å²) in [5.41, 5.74) is 6.85. The number of hydrogen-bond donors (Lipinski definition) is 2. The van der Waals surface area contributed by atoms with Gasteiger partial charge in [0.1, 0.15) is 11.3 Å². The van der Waals surface area contributed by atoms with E-state index in [1.807, 2.05) is 6.07 Å². The van der Waals surface area contributed by atoms with Crippen LogP contribution in [0.4, 0.5) is 0 Å². The largest absolute Gasteiger partial charge is 0.366 e. The van der Waals surface area contributed by atoms with Crippen LogP contribution in [0.25, 0.3) is 11.0 Å². The molecule has 0 radical (unpaired) electrons. The van der Waals surface area contributed by atoms with Gasteiger partial charge in [0, 0.05) is 32.6 Å². The predicted molar refractivity (Wildman–Crippen MR) is 95.4 cm³/mol. The molecule has 3 N–H and O–H groups in total. The molecule has 0 saturated carbocycles. The van der Waals surface area contributed by atoms with Crippen LogP contribution in [0.2, 0.25) is 0 Å². The van der Waals surface area contributed by atoms with Crippen LogP contribution in [0.1, 0.15) is 35.9 Å². The molecule has 3 rings (SSSR count). The number of nitrogens with one attached hydrogen (secondary N) is 1. The van der Waals surface area contributed by atoms with Crippen LogP contribution in [0.15, 0.2) is 18.2 Å². The summed E-state index contributed by atoms with van der Waals surface area (Å²) >= 11 is 0. The van der Waals surface area contributed by atoms with Crippen LogP contribution < -0.4 is 5.73 Å². The minimum absolute atomic E-state index is 0.285. The molecule has 1 fully saturated rings. The summed E-state index contributed by atoms with van der Waals surface area (Å²) in [4.78, 5) is 19.5. The van der Waals surface area contributed by atoms with Gasteiger partial charge in [-0.15, -0.1) is 0 Å². The van der Waals surface area contributed by atoms with Gasteiger partial charge in [0.2, 0.25) is 0 Å². The fourth-order valence-corrected chi connectivity index (χ4v) is 4.30. The van der Waals surface area contributed by atoms with Gasteiger partial charge in [-0.25, -0.2) is 4.98 Å². The molecule has 0 unspecified atom stereocenters. The van der Waals surface area contributed by atoms with Gasteiger partial charge in [-0.05, 0) is 25.0 Å². The summed E-state index contributed by atoms with van der Waals surface area (Å²) in [6.07, 6.45) is 1.29. The molecular weight excluding hydrogens is 342 g/mol. The van der Waals surface area contributed by atoms with E-state index in [1.165, 1.54) is 22.7 Å². The van der Waals surface area contributed by atoms with Crippen molar-refractivity contribution in [1.82, 2.24) is 18.6 Å². The number of piperidine rings is 1. The second-order valence-electron chi connectivity index (χ2n) is 6.90. The molecule has 1 aromatic heterocycles. The van der Waals surface area contributed by atoms with Crippen LogP contribution in [-0.4, -0.2) is 60.1 Å². The van der Waals surface area contributed by atoms with Gasteiger partial charge in [0.05, 0.1) is 11.1 Å². The Kier molecular flexibility index (Phi) is 4.34. The Morgan fingerprint density at radius 1 is 1.32 bits per heavy atom. The van der Waals surface area contributed by atoms with E-state index in [0.29, 0.717) is 37.0 Å². The molecule has 1 saturated heterocycles. The number of para-hydroxylation sites is 1. The Morgan fingerprint density at radius 3 is 2.52 bits per heavy atom. The van der Waals surface area contributed by atoms with Crippen molar-refractivity contribution in [3.05, 3.63) is 29.6 Å². The first-order chi connectivity index (χ1) is 11.6. The van der Waals surface area contributed by atoms with E-state index in [2.05, 4.69) is 16.9 Å². The monoisotopic (exact) mass is 365 g/mol. The van der Waals surface area contributed by atoms with Crippen molar-refractivity contribution < 1.29 is 13.2 Å². The predicted octanol–water partition coefficient (Wildman–Crippen LogP) is 0.822. The second kappa shape index (κ2) is 6.08. The Morgan fingerprint density at radius 2 is 1.96 bits per heavy atom. The van der Waals surface area contributed by atoms with E-state index in [-0.39, 0.29) is 5.41 Å². The third kappa shape index (κ3) is 3.03. The zero-order valence-electron chi connectivity index (χ0n) is 14.6. The van der Waals surface area contributed by atoms with Gasteiger partial charge in [0.15, 0.2) is 0 Å². The number of H-pyrrole nitrogens is 1. The number of benzene rings is 1. The smallest absolute Gasteiger partial charge is 0.281 e. The second-order valence-corrected chi connectivity index (χ2v) is 9.04. The molecule has 2 aromatic rings. The zero-order valence-corrected chi connectivity index (χ0v) is 15.4. The van der Waals surface area contributed by atoms with E-state index >= 15 is 0 Å². The highest BCUT2D eigenvalue weighted by Gasteiger charge is 2.38. The number of amides is 1. The molecular formula is C16H23N5O3S. The summed E-state index contributed by atoms with van der Waals surface area (Å²) in [6.45, 7) is 2.92. The van der Waals surface area contributed by atoms with E-state index in [4.69, 9.17) is 5.73 Å². The molecule has 0 spiro atoms. The Hall–Kier alpha value is -1.97. The number of primary amides is 1. The van der Waals surface area contributed by atoms with E-state index < -0.39 is 16.1 Å². The zero-order chi connectivity index (χ0) is 18.4. The van der Waals surface area contributed by atoms with E-state index in [9.17, 15) is 13.2 Å². The van der Waals surface area contributed by atoms with Crippen LogP contribution in [0, 0.1) is 0 Å². The van der Waals surface area contributed by atoms with Crippen molar-refractivity contribution in [3.8, 4) is 0 Å². The maximum Gasteiger partial charge on any atom is 0.281 e. The molecule has 136 valence electrons. The Balaban J connectivity index is 1.89. The van der Waals surface area contributed by atoms with Crippen LogP contribution in [0.3, 0.4) is 0 Å². The average molecular weight is 365 g/mol. The minimum atomic E-state index is -3.40. The lowest BCUT2D eigenvalue weighted by molar-refractivity contribution is 0.100. The van der Waals surface area contributed by atoms with Crippen LogP contribution in [-0.2, 0) is 15.6 Å². The van der Waals surface area contributed by atoms with E-state index in [0.717, 1.165) is 11.3 Å². The van der Waals surface area contributed by atoms with Gasteiger partial charge >= 0.3 is 0 Å². The first-order valence-electron chi connectivity index (χ1n) is 8.12. The highest BCUT2D eigenvalue weighted by atomic mass is 32.2. The topological polar surface area (TPSA) is 112 Å². The van der Waals surface area contributed by atoms with E-state index in [1.54, 1.807) is 12.1 Å². The number of fused-ring (bicyclic) bond motifs is 1. The number of imidazole rings is 1. The number of aromatic amines is 1. The SMILES string of the molecule is CN(C)S(=O)(=O)N1CCC(C)(c2nc3c(C(N)=O)cccc3[nH]2)CC1. The van der Waals surface area contributed by atoms with Crippen molar-refractivity contribution in [2.24, 2.45) is 5.73 Å². The minimum Gasteiger partial charge on any atom is -0.366 e. The normalized spacial score (nSPS) is 18.7. The molecule has 1 amide bonds. The lowest BCUT2D eigenvalue weighted by atomic mass is 9.80. The highest BCUT2D eigenvalue weighted by molar-refractivity contribution is 7.86. The molecule has 2 heterocycles. The highest BCUT2D eigenvalue weighted by Crippen LogP contribution is 2.35. The number of rotatable bonds is 4. The molecule has 0 atom stereocenters. The number of aromatic nitrogens is 2. The van der Waals surface area contributed by atoms with Gasteiger partial charge in [-0.2, -0.15) is 17.0 Å². The summed E-state index contributed by atoms with van der Waals surface area (Å²) in [5.74, 6) is 0.249. The van der Waals surface area contributed by atoms with Crippen molar-refractivity contribution in [3.63, 3.8) is 0 Å². The number of nitrogens with zero attached hydrogens (tertiary/aromatic N) is 3. The third-order valence-corrected chi connectivity index (χ3v) is 6.90. The van der Waals surface area contributed by atoms with Gasteiger partial charge in [0.25, 0.3) is 16.1 Å². The summed E-state index contributed by atoms with van der Waals surface area (Å²) in [7, 11) is -0.329. The number of carbonyl (C=O) groups excluding carboxylic acids is 1. The first kappa shape index (κ1) is 17.8. The maximum atomic E-state index is 12.3. The quantitative estimate of drug-likeness (QED) is 0.835. The molecule has 25 heavy (non-hydrogen) atoms. The van der Waals surface area contributed by atoms with Gasteiger partial charge in [-0.1, -0.05) is 13.0 Å². The molecule has 9 heteroatoms. The molecule has 1 aromatic carbocycles. The van der Waals surface area contributed by atoms with Crippen LogP contribution >= 0.6 is 0 Å². The van der Waals surface area contributed by atoms with Crippen molar-refractivity contribution in [1.29, 1.82) is 0 Å². The maximum absolute atomic E-state index is 12.3. The Bertz CT molecular complexity index is 911. The third-order valence-electron chi connectivity index (χ3n) is 4.96. The summed E-state index contributed by atoms with van der Waals surface area (Å²) in [5, 5.41) is 0. The van der Waals surface area contributed by atoms with Crippen molar-refractivity contribution in [2.75, 3.05) is 27.2 Å². The molecule has 0 bridgehead atoms. The average Bonchev–Trinajstić information content (AvgIpc) is 2.99. The van der Waals surface area contributed by atoms with Gasteiger partial charge < -0.3 is 10.7 Å². The number of nitrogens with two attached hydrogens (primary N) is 1.